The normalized spacial score (nSPS) is 18.8. The van der Waals surface area contributed by atoms with Crippen LogP contribution in [0.5, 0.6) is 0 Å². The van der Waals surface area contributed by atoms with E-state index in [-0.39, 0.29) is 29.5 Å². The number of fused-ring (bicyclic) bond motifs is 1. The number of anilines is 1. The number of hydrogen-bond acceptors (Lipinski definition) is 5. The molecule has 8 heteroatoms. The maximum absolute atomic E-state index is 13.3. The molecule has 0 radical (unpaired) electrons. The summed E-state index contributed by atoms with van der Waals surface area (Å²) in [4.78, 5) is 35.1. The third-order valence-electron chi connectivity index (χ3n) is 6.01. The van der Waals surface area contributed by atoms with Gasteiger partial charge in [0, 0.05) is 49.4 Å². The summed E-state index contributed by atoms with van der Waals surface area (Å²) in [7, 11) is 0. The van der Waals surface area contributed by atoms with E-state index in [0.717, 1.165) is 55.4 Å². The molecule has 31 heavy (non-hydrogen) atoms. The van der Waals surface area contributed by atoms with Crippen LogP contribution < -0.4 is 10.2 Å². The molecule has 2 amide bonds. The molecule has 2 aliphatic rings. The second-order valence-electron chi connectivity index (χ2n) is 8.62. The van der Waals surface area contributed by atoms with Crippen LogP contribution in [0.15, 0.2) is 24.3 Å². The number of piperazine rings is 1. The Kier molecular flexibility index (Phi) is 6.55. The van der Waals surface area contributed by atoms with E-state index in [1.54, 1.807) is 17.4 Å². The zero-order valence-corrected chi connectivity index (χ0v) is 18.9. The van der Waals surface area contributed by atoms with Crippen molar-refractivity contribution < 1.29 is 14.0 Å². The number of thiazole rings is 1. The SMILES string of the molecule is CC(C)C(=O)N1CCN(c2nc3c(s2)C[C@H](C(=O)NCc2cccc(F)c2)CC3)CC1. The second-order valence-corrected chi connectivity index (χ2v) is 9.68. The lowest BCUT2D eigenvalue weighted by Gasteiger charge is -2.35. The molecule has 0 unspecified atom stereocenters. The maximum Gasteiger partial charge on any atom is 0.225 e. The van der Waals surface area contributed by atoms with Gasteiger partial charge in [0.15, 0.2) is 5.13 Å². The number of amides is 2. The third-order valence-corrected chi connectivity index (χ3v) is 7.19. The number of carbonyl (C=O) groups excluding carboxylic acids is 2. The molecule has 1 saturated heterocycles. The summed E-state index contributed by atoms with van der Waals surface area (Å²) < 4.78 is 13.3. The van der Waals surface area contributed by atoms with Gasteiger partial charge in [-0.05, 0) is 37.0 Å². The number of hydrogen-bond donors (Lipinski definition) is 1. The highest BCUT2D eigenvalue weighted by molar-refractivity contribution is 7.15. The molecule has 1 aromatic carbocycles. The maximum atomic E-state index is 13.3. The van der Waals surface area contributed by atoms with E-state index >= 15 is 0 Å². The number of aryl methyl sites for hydroxylation is 1. The fourth-order valence-corrected chi connectivity index (χ4v) is 5.42. The van der Waals surface area contributed by atoms with Crippen LogP contribution in [-0.2, 0) is 29.0 Å². The van der Waals surface area contributed by atoms with Gasteiger partial charge in [-0.2, -0.15) is 0 Å². The van der Waals surface area contributed by atoms with Gasteiger partial charge in [0.25, 0.3) is 0 Å². The first-order valence-corrected chi connectivity index (χ1v) is 11.8. The molecular weight excluding hydrogens is 415 g/mol. The number of carbonyl (C=O) groups is 2. The molecule has 1 aromatic heterocycles. The van der Waals surface area contributed by atoms with Crippen molar-refractivity contribution in [3.05, 3.63) is 46.2 Å². The van der Waals surface area contributed by atoms with Crippen LogP contribution in [-0.4, -0.2) is 47.9 Å². The lowest BCUT2D eigenvalue weighted by atomic mass is 9.90. The number of halogens is 1. The predicted molar refractivity (Wildman–Crippen MR) is 120 cm³/mol. The minimum Gasteiger partial charge on any atom is -0.352 e. The minimum atomic E-state index is -0.291. The van der Waals surface area contributed by atoms with E-state index in [0.29, 0.717) is 13.0 Å². The number of nitrogens with one attached hydrogen (secondary N) is 1. The Morgan fingerprint density at radius 2 is 2.03 bits per heavy atom. The van der Waals surface area contributed by atoms with Crippen molar-refractivity contribution in [2.24, 2.45) is 11.8 Å². The molecule has 2 aromatic rings. The van der Waals surface area contributed by atoms with Crippen LogP contribution in [0.1, 0.15) is 36.4 Å². The van der Waals surface area contributed by atoms with Crippen LogP contribution in [0.4, 0.5) is 9.52 Å². The second kappa shape index (κ2) is 9.34. The standard InChI is InChI=1S/C23H29FN4O2S/c1-15(2)22(30)27-8-10-28(11-9-27)23-26-19-7-6-17(13-20(19)31-23)21(29)25-14-16-4-3-5-18(24)12-16/h3-5,12,15,17H,6-11,13-14H2,1-2H3,(H,25,29)/t17-/m1/s1. The highest BCUT2D eigenvalue weighted by Crippen LogP contribution is 2.34. The molecule has 1 aliphatic carbocycles. The van der Waals surface area contributed by atoms with Gasteiger partial charge in [0.2, 0.25) is 11.8 Å². The van der Waals surface area contributed by atoms with Gasteiger partial charge in [0.1, 0.15) is 5.82 Å². The van der Waals surface area contributed by atoms with Crippen molar-refractivity contribution in [2.45, 2.75) is 39.7 Å². The Bertz CT molecular complexity index is 953. The molecule has 0 saturated carbocycles. The first-order chi connectivity index (χ1) is 14.9. The number of nitrogens with zero attached hydrogens (tertiary/aromatic N) is 3. The zero-order chi connectivity index (χ0) is 22.0. The molecule has 0 bridgehead atoms. The molecule has 2 heterocycles. The Balaban J connectivity index is 1.32. The number of benzene rings is 1. The quantitative estimate of drug-likeness (QED) is 0.770. The molecule has 4 rings (SSSR count). The Morgan fingerprint density at radius 1 is 1.26 bits per heavy atom. The predicted octanol–water partition coefficient (Wildman–Crippen LogP) is 3.01. The van der Waals surface area contributed by atoms with Crippen molar-refractivity contribution in [1.29, 1.82) is 0 Å². The summed E-state index contributed by atoms with van der Waals surface area (Å²) in [5.41, 5.74) is 1.87. The summed E-state index contributed by atoms with van der Waals surface area (Å²) in [5, 5.41) is 3.95. The average Bonchev–Trinajstić information content (AvgIpc) is 3.20. The molecule has 1 N–H and O–H groups in total. The van der Waals surface area contributed by atoms with Gasteiger partial charge in [-0.1, -0.05) is 26.0 Å². The summed E-state index contributed by atoms with van der Waals surface area (Å²) in [6.45, 7) is 7.26. The largest absolute Gasteiger partial charge is 0.352 e. The minimum absolute atomic E-state index is 0.0191. The van der Waals surface area contributed by atoms with E-state index in [2.05, 4.69) is 10.2 Å². The van der Waals surface area contributed by atoms with E-state index in [4.69, 9.17) is 4.98 Å². The van der Waals surface area contributed by atoms with Crippen LogP contribution in [0.3, 0.4) is 0 Å². The van der Waals surface area contributed by atoms with Crippen LogP contribution in [0, 0.1) is 17.7 Å². The first kappa shape index (κ1) is 21.7. The van der Waals surface area contributed by atoms with Gasteiger partial charge in [-0.25, -0.2) is 9.37 Å². The molecule has 1 atom stereocenters. The van der Waals surface area contributed by atoms with E-state index < -0.39 is 0 Å². The molecule has 6 nitrogen and oxygen atoms in total. The van der Waals surface area contributed by atoms with Crippen molar-refractivity contribution in [3.8, 4) is 0 Å². The van der Waals surface area contributed by atoms with Crippen molar-refractivity contribution >= 4 is 28.3 Å². The molecule has 166 valence electrons. The van der Waals surface area contributed by atoms with Gasteiger partial charge in [0.05, 0.1) is 5.69 Å². The molecular formula is C23H29FN4O2S. The summed E-state index contributed by atoms with van der Waals surface area (Å²) >= 11 is 1.68. The topological polar surface area (TPSA) is 65.5 Å². The smallest absolute Gasteiger partial charge is 0.225 e. The van der Waals surface area contributed by atoms with Gasteiger partial charge < -0.3 is 15.1 Å². The van der Waals surface area contributed by atoms with Gasteiger partial charge >= 0.3 is 0 Å². The Hall–Kier alpha value is -2.48. The van der Waals surface area contributed by atoms with E-state index in [1.807, 2.05) is 24.8 Å². The van der Waals surface area contributed by atoms with Crippen LogP contribution in [0.2, 0.25) is 0 Å². The summed E-state index contributed by atoms with van der Waals surface area (Å²) in [6, 6.07) is 6.31. The molecule has 1 aliphatic heterocycles. The number of aromatic nitrogens is 1. The van der Waals surface area contributed by atoms with Crippen molar-refractivity contribution in [1.82, 2.24) is 15.2 Å². The molecule has 0 spiro atoms. The van der Waals surface area contributed by atoms with Gasteiger partial charge in [-0.15, -0.1) is 11.3 Å². The Morgan fingerprint density at radius 3 is 2.74 bits per heavy atom. The lowest BCUT2D eigenvalue weighted by Crippen LogP contribution is -2.49. The monoisotopic (exact) mass is 444 g/mol. The van der Waals surface area contributed by atoms with E-state index in [1.165, 1.54) is 17.0 Å². The Labute approximate surface area is 186 Å². The van der Waals surface area contributed by atoms with Crippen LogP contribution >= 0.6 is 11.3 Å². The third kappa shape index (κ3) is 5.06. The zero-order valence-electron chi connectivity index (χ0n) is 18.1. The lowest BCUT2D eigenvalue weighted by molar-refractivity contribution is -0.134. The summed E-state index contributed by atoms with van der Waals surface area (Å²) in [6.07, 6.45) is 2.28. The molecule has 1 fully saturated rings. The van der Waals surface area contributed by atoms with Crippen LogP contribution in [0.25, 0.3) is 0 Å². The fourth-order valence-electron chi connectivity index (χ4n) is 4.18. The number of rotatable bonds is 5. The highest BCUT2D eigenvalue weighted by Gasteiger charge is 2.30. The average molecular weight is 445 g/mol. The van der Waals surface area contributed by atoms with E-state index in [9.17, 15) is 14.0 Å². The highest BCUT2D eigenvalue weighted by atomic mass is 32.1. The van der Waals surface area contributed by atoms with Gasteiger partial charge in [-0.3, -0.25) is 9.59 Å². The summed E-state index contributed by atoms with van der Waals surface area (Å²) in [5.74, 6) is -0.103. The van der Waals surface area contributed by atoms with Crippen molar-refractivity contribution in [2.75, 3.05) is 31.1 Å². The fraction of sp³-hybridized carbons (Fsp3) is 0.522. The van der Waals surface area contributed by atoms with Crippen molar-refractivity contribution in [3.63, 3.8) is 0 Å². The first-order valence-electron chi connectivity index (χ1n) is 10.9.